The van der Waals surface area contributed by atoms with Crippen LogP contribution in [0.2, 0.25) is 5.02 Å². The molecular formula is C11H8ClN3O5. The van der Waals surface area contributed by atoms with Crippen molar-refractivity contribution in [3.63, 3.8) is 0 Å². The molecule has 20 heavy (non-hydrogen) atoms. The highest BCUT2D eigenvalue weighted by atomic mass is 35.5. The summed E-state index contributed by atoms with van der Waals surface area (Å²) in [4.78, 5) is 20.7. The fraction of sp³-hybridized carbons (Fsp3) is 0.0909. The predicted octanol–water partition coefficient (Wildman–Crippen LogP) is 2.18. The maximum atomic E-state index is 10.8. The first-order chi connectivity index (χ1) is 9.49. The third-order valence-corrected chi connectivity index (χ3v) is 2.64. The van der Waals surface area contributed by atoms with Crippen molar-refractivity contribution in [3.05, 3.63) is 51.3 Å². The lowest BCUT2D eigenvalue weighted by Gasteiger charge is -2.06. The molecule has 9 heteroatoms. The number of nitro groups is 1. The van der Waals surface area contributed by atoms with E-state index >= 15 is 0 Å². The van der Waals surface area contributed by atoms with Gasteiger partial charge in [-0.3, -0.25) is 10.1 Å². The number of halogens is 1. The minimum Gasteiger partial charge on any atom is -0.476 e. The van der Waals surface area contributed by atoms with Crippen LogP contribution >= 0.6 is 11.6 Å². The number of benzene rings is 1. The summed E-state index contributed by atoms with van der Waals surface area (Å²) in [7, 11) is 0. The largest absolute Gasteiger partial charge is 0.476 e. The second-order valence-electron chi connectivity index (χ2n) is 3.67. The molecule has 0 amide bonds. The highest BCUT2D eigenvalue weighted by Crippen LogP contribution is 2.24. The lowest BCUT2D eigenvalue weighted by Crippen LogP contribution is -2.08. The number of hydrogen-bond acceptors (Lipinski definition) is 5. The molecule has 0 spiro atoms. The lowest BCUT2D eigenvalue weighted by atomic mass is 10.3. The van der Waals surface area contributed by atoms with E-state index in [0.717, 1.165) is 10.9 Å². The van der Waals surface area contributed by atoms with E-state index in [2.05, 4.69) is 5.10 Å². The average molecular weight is 298 g/mol. The summed E-state index contributed by atoms with van der Waals surface area (Å²) in [6, 6.07) is 6.65. The third-order valence-electron chi connectivity index (χ3n) is 2.33. The van der Waals surface area contributed by atoms with Crippen LogP contribution in [-0.4, -0.2) is 25.8 Å². The number of nitrogens with zero attached hydrogens (tertiary/aromatic N) is 3. The maximum Gasteiger partial charge on any atom is 0.363 e. The van der Waals surface area contributed by atoms with Crippen LogP contribution in [0.4, 0.5) is 5.69 Å². The zero-order valence-corrected chi connectivity index (χ0v) is 10.6. The van der Waals surface area contributed by atoms with Crippen LogP contribution in [0.15, 0.2) is 30.5 Å². The molecule has 0 saturated carbocycles. The van der Waals surface area contributed by atoms with E-state index in [1.165, 1.54) is 0 Å². The summed E-state index contributed by atoms with van der Waals surface area (Å²) in [6.07, 6.45) is 0.986. The van der Waals surface area contributed by atoms with Gasteiger partial charge in [0.2, 0.25) is 5.69 Å². The van der Waals surface area contributed by atoms with Gasteiger partial charge in [0.05, 0.1) is 9.95 Å². The summed E-state index contributed by atoms with van der Waals surface area (Å²) in [5.74, 6) is -1.11. The van der Waals surface area contributed by atoms with Gasteiger partial charge in [0.1, 0.15) is 11.9 Å². The van der Waals surface area contributed by atoms with Crippen molar-refractivity contribution in [2.75, 3.05) is 0 Å². The molecule has 1 heterocycles. The van der Waals surface area contributed by atoms with Crippen LogP contribution in [0.1, 0.15) is 10.5 Å². The molecular weight excluding hydrogens is 290 g/mol. The number of para-hydroxylation sites is 1. The monoisotopic (exact) mass is 297 g/mol. The Balaban J connectivity index is 2.19. The van der Waals surface area contributed by atoms with Gasteiger partial charge in [-0.15, -0.1) is 0 Å². The van der Waals surface area contributed by atoms with E-state index in [9.17, 15) is 14.9 Å². The number of carboxylic acid groups (broad SMARTS) is 1. The summed E-state index contributed by atoms with van der Waals surface area (Å²) in [6.45, 7) is -0.197. The van der Waals surface area contributed by atoms with Crippen LogP contribution in [0.25, 0.3) is 0 Å². The fourth-order valence-electron chi connectivity index (χ4n) is 1.46. The number of aromatic carboxylic acids is 1. The first kappa shape index (κ1) is 13.8. The van der Waals surface area contributed by atoms with Gasteiger partial charge in [0, 0.05) is 0 Å². The van der Waals surface area contributed by atoms with E-state index in [-0.39, 0.29) is 6.73 Å². The number of hydrogen-bond donors (Lipinski definition) is 1. The molecule has 2 rings (SSSR count). The van der Waals surface area contributed by atoms with Crippen LogP contribution in [-0.2, 0) is 6.73 Å². The van der Waals surface area contributed by atoms with Crippen molar-refractivity contribution >= 4 is 23.3 Å². The van der Waals surface area contributed by atoms with Crippen LogP contribution in [0.5, 0.6) is 5.75 Å². The smallest absolute Gasteiger partial charge is 0.363 e. The topological polar surface area (TPSA) is 107 Å². The Morgan fingerprint density at radius 1 is 1.50 bits per heavy atom. The Hall–Kier alpha value is -2.61. The molecule has 0 aliphatic rings. The molecule has 0 saturated heterocycles. The molecule has 104 valence electrons. The van der Waals surface area contributed by atoms with Crippen molar-refractivity contribution < 1.29 is 19.6 Å². The number of carbonyl (C=O) groups is 1. The molecule has 0 aliphatic heterocycles. The molecule has 8 nitrogen and oxygen atoms in total. The van der Waals surface area contributed by atoms with E-state index in [4.69, 9.17) is 21.4 Å². The zero-order valence-electron chi connectivity index (χ0n) is 9.89. The van der Waals surface area contributed by atoms with Crippen molar-refractivity contribution in [3.8, 4) is 5.75 Å². The summed E-state index contributed by atoms with van der Waals surface area (Å²) >= 11 is 5.87. The second-order valence-corrected chi connectivity index (χ2v) is 4.08. The number of carboxylic acids is 1. The lowest BCUT2D eigenvalue weighted by molar-refractivity contribution is -0.385. The van der Waals surface area contributed by atoms with E-state index < -0.39 is 22.3 Å². The van der Waals surface area contributed by atoms with E-state index in [1.807, 2.05) is 0 Å². The maximum absolute atomic E-state index is 10.8. The van der Waals surface area contributed by atoms with Gasteiger partial charge in [-0.05, 0) is 12.1 Å². The van der Waals surface area contributed by atoms with Gasteiger partial charge in [0.25, 0.3) is 0 Å². The third kappa shape index (κ3) is 2.86. The molecule has 1 N–H and O–H groups in total. The first-order valence-electron chi connectivity index (χ1n) is 5.31. The molecule has 0 bridgehead atoms. The average Bonchev–Trinajstić information content (AvgIpc) is 2.82. The van der Waals surface area contributed by atoms with Gasteiger partial charge >= 0.3 is 11.7 Å². The Labute approximate surface area is 117 Å². The molecule has 0 aliphatic carbocycles. The molecule has 0 unspecified atom stereocenters. The standard InChI is InChI=1S/C11H8ClN3O5/c12-7-3-1-2-4-9(7)20-6-14-5-8(15(18)19)10(13-14)11(16)17/h1-5H,6H2,(H,16,17). The van der Waals surface area contributed by atoms with Gasteiger partial charge < -0.3 is 9.84 Å². The number of aromatic nitrogens is 2. The Kier molecular flexibility index (Phi) is 3.85. The zero-order chi connectivity index (χ0) is 14.7. The quantitative estimate of drug-likeness (QED) is 0.669. The van der Waals surface area contributed by atoms with Gasteiger partial charge in [-0.1, -0.05) is 23.7 Å². The molecule has 1 aromatic heterocycles. The summed E-state index contributed by atoms with van der Waals surface area (Å²) < 4.78 is 6.32. The predicted molar refractivity (Wildman–Crippen MR) is 67.9 cm³/mol. The minimum absolute atomic E-state index is 0.197. The first-order valence-corrected chi connectivity index (χ1v) is 5.69. The highest BCUT2D eigenvalue weighted by molar-refractivity contribution is 6.32. The second kappa shape index (κ2) is 5.57. The van der Waals surface area contributed by atoms with E-state index in [1.54, 1.807) is 24.3 Å². The molecule has 2 aromatic rings. The van der Waals surface area contributed by atoms with Crippen molar-refractivity contribution in [1.82, 2.24) is 9.78 Å². The summed E-state index contributed by atoms with van der Waals surface area (Å²) in [5.41, 5.74) is -1.24. The number of rotatable bonds is 5. The SMILES string of the molecule is O=C(O)c1nn(COc2ccccc2Cl)cc1[N+](=O)[O-]. The molecule has 0 radical (unpaired) electrons. The number of ether oxygens (including phenoxy) is 1. The fourth-order valence-corrected chi connectivity index (χ4v) is 1.65. The van der Waals surface area contributed by atoms with Gasteiger partial charge in [0.15, 0.2) is 6.73 Å². The Bertz CT molecular complexity index is 638. The molecule has 1 aromatic carbocycles. The van der Waals surface area contributed by atoms with Crippen LogP contribution in [0.3, 0.4) is 0 Å². The minimum atomic E-state index is -1.48. The van der Waals surface area contributed by atoms with Crippen LogP contribution in [0, 0.1) is 10.1 Å². The Morgan fingerprint density at radius 3 is 2.75 bits per heavy atom. The summed E-state index contributed by atoms with van der Waals surface area (Å²) in [5, 5.41) is 23.5. The highest BCUT2D eigenvalue weighted by Gasteiger charge is 2.25. The van der Waals surface area contributed by atoms with E-state index in [0.29, 0.717) is 10.8 Å². The van der Waals surface area contributed by atoms with Crippen molar-refractivity contribution in [1.29, 1.82) is 0 Å². The van der Waals surface area contributed by atoms with Gasteiger partial charge in [-0.2, -0.15) is 5.10 Å². The Morgan fingerprint density at radius 2 is 2.20 bits per heavy atom. The van der Waals surface area contributed by atoms with Crippen LogP contribution < -0.4 is 4.74 Å². The van der Waals surface area contributed by atoms with Crippen molar-refractivity contribution in [2.24, 2.45) is 0 Å². The van der Waals surface area contributed by atoms with Crippen molar-refractivity contribution in [2.45, 2.75) is 6.73 Å². The molecule has 0 atom stereocenters. The normalized spacial score (nSPS) is 10.2. The molecule has 0 fully saturated rings. The van der Waals surface area contributed by atoms with Gasteiger partial charge in [-0.25, -0.2) is 9.48 Å².